The number of pyridine rings is 1. The van der Waals surface area contributed by atoms with Crippen LogP contribution in [0.4, 0.5) is 0 Å². The van der Waals surface area contributed by atoms with E-state index in [0.717, 1.165) is 27.2 Å². The molecule has 172 valence electrons. The average molecular weight is 447 g/mol. The molecular formula is C25H31B2NO5. The highest BCUT2D eigenvalue weighted by Gasteiger charge is 2.52. The van der Waals surface area contributed by atoms with Gasteiger partial charge in [0.2, 0.25) is 0 Å². The van der Waals surface area contributed by atoms with Crippen LogP contribution in [-0.4, -0.2) is 41.6 Å². The fourth-order valence-corrected chi connectivity index (χ4v) is 4.33. The Labute approximate surface area is 195 Å². The molecular weight excluding hydrogens is 416 g/mol. The van der Waals surface area contributed by atoms with Crippen molar-refractivity contribution in [3.63, 3.8) is 0 Å². The lowest BCUT2D eigenvalue weighted by Gasteiger charge is -2.32. The van der Waals surface area contributed by atoms with Crippen LogP contribution in [0, 0.1) is 0 Å². The lowest BCUT2D eigenvalue weighted by atomic mass is 9.77. The molecule has 2 saturated heterocycles. The number of hydrogen-bond acceptors (Lipinski definition) is 5. The fraction of sp³-hybridized carbons (Fsp3) is 0.480. The molecule has 0 aliphatic carbocycles. The Morgan fingerprint density at radius 2 is 1.03 bits per heavy atom. The summed E-state index contributed by atoms with van der Waals surface area (Å²) in [7, 11) is -0.996. The summed E-state index contributed by atoms with van der Waals surface area (Å²) in [6.45, 7) is 16.2. The summed E-state index contributed by atoms with van der Waals surface area (Å²) in [6, 6.07) is 11.8. The zero-order chi connectivity index (χ0) is 24.0. The van der Waals surface area contributed by atoms with Gasteiger partial charge in [-0.05, 0) is 83.8 Å². The van der Waals surface area contributed by atoms with Crippen LogP contribution in [0.25, 0.3) is 21.7 Å². The summed E-state index contributed by atoms with van der Waals surface area (Å²) < 4.78 is 24.7. The summed E-state index contributed by atoms with van der Waals surface area (Å²) >= 11 is 0. The molecule has 0 saturated carbocycles. The second kappa shape index (κ2) is 6.95. The highest BCUT2D eigenvalue weighted by atomic mass is 16.7. The minimum atomic E-state index is -0.514. The highest BCUT2D eigenvalue weighted by Crippen LogP contribution is 2.38. The molecule has 3 heterocycles. The Hall–Kier alpha value is -2.12. The van der Waals surface area contributed by atoms with E-state index in [0.29, 0.717) is 5.39 Å². The summed E-state index contributed by atoms with van der Waals surface area (Å²) in [6.07, 6.45) is 0. The van der Waals surface area contributed by atoms with E-state index in [-0.39, 0.29) is 5.56 Å². The molecule has 0 atom stereocenters. The molecule has 6 nitrogen and oxygen atoms in total. The smallest absolute Gasteiger partial charge is 0.399 e. The van der Waals surface area contributed by atoms with Crippen molar-refractivity contribution in [1.29, 1.82) is 0 Å². The predicted octanol–water partition coefficient (Wildman–Crippen LogP) is 3.28. The number of aromatic amines is 1. The second-order valence-corrected chi connectivity index (χ2v) is 11.2. The van der Waals surface area contributed by atoms with Crippen LogP contribution >= 0.6 is 0 Å². The van der Waals surface area contributed by atoms with Crippen molar-refractivity contribution in [3.05, 3.63) is 46.8 Å². The molecule has 0 amide bonds. The van der Waals surface area contributed by atoms with Crippen molar-refractivity contribution in [3.8, 4) is 0 Å². The van der Waals surface area contributed by atoms with Gasteiger partial charge in [0, 0.05) is 16.3 Å². The minimum absolute atomic E-state index is 0.151. The molecule has 2 aliphatic heterocycles. The zero-order valence-corrected chi connectivity index (χ0v) is 20.7. The first-order valence-electron chi connectivity index (χ1n) is 11.5. The Balaban J connectivity index is 1.54. The monoisotopic (exact) mass is 447 g/mol. The maximum absolute atomic E-state index is 13.1. The van der Waals surface area contributed by atoms with Crippen LogP contribution < -0.4 is 16.5 Å². The van der Waals surface area contributed by atoms with E-state index in [1.165, 1.54) is 0 Å². The molecule has 0 bridgehead atoms. The molecule has 0 spiro atoms. The summed E-state index contributed by atoms with van der Waals surface area (Å²) in [5.74, 6) is 0. The number of benzene rings is 2. The molecule has 5 rings (SSSR count). The largest absolute Gasteiger partial charge is 0.494 e. The molecule has 2 aromatic carbocycles. The molecule has 8 heteroatoms. The van der Waals surface area contributed by atoms with E-state index < -0.39 is 36.6 Å². The van der Waals surface area contributed by atoms with Gasteiger partial charge in [-0.25, -0.2) is 0 Å². The number of H-pyrrole nitrogens is 1. The van der Waals surface area contributed by atoms with Crippen molar-refractivity contribution in [2.24, 2.45) is 0 Å². The summed E-state index contributed by atoms with van der Waals surface area (Å²) in [5.41, 5.74) is 0.592. The molecule has 0 radical (unpaired) electrons. The topological polar surface area (TPSA) is 69.8 Å². The Morgan fingerprint density at radius 3 is 1.52 bits per heavy atom. The van der Waals surface area contributed by atoms with E-state index >= 15 is 0 Å². The van der Waals surface area contributed by atoms with Crippen LogP contribution in [0.1, 0.15) is 55.4 Å². The molecule has 1 N–H and O–H groups in total. The lowest BCUT2D eigenvalue weighted by Crippen LogP contribution is -2.41. The third kappa shape index (κ3) is 3.46. The molecule has 3 aromatic rings. The van der Waals surface area contributed by atoms with Crippen molar-refractivity contribution in [1.82, 2.24) is 4.98 Å². The normalized spacial score (nSPS) is 23.0. The van der Waals surface area contributed by atoms with Gasteiger partial charge in [-0.3, -0.25) is 4.79 Å². The molecule has 2 fully saturated rings. The van der Waals surface area contributed by atoms with Crippen molar-refractivity contribution < 1.29 is 18.6 Å². The lowest BCUT2D eigenvalue weighted by molar-refractivity contribution is 0.00578. The molecule has 0 unspecified atom stereocenters. The van der Waals surface area contributed by atoms with E-state index in [1.54, 1.807) is 0 Å². The van der Waals surface area contributed by atoms with Crippen LogP contribution in [0.2, 0.25) is 0 Å². The van der Waals surface area contributed by atoms with Crippen LogP contribution in [0.3, 0.4) is 0 Å². The van der Waals surface area contributed by atoms with Gasteiger partial charge < -0.3 is 23.6 Å². The SMILES string of the molecule is CC1(C)OB(c2ccc3c(c2)[nH]c(=O)c2cc(B4OC(C)(C)C(C)(C)O4)ccc23)OC1(C)C. The number of nitrogens with one attached hydrogen (secondary N) is 1. The van der Waals surface area contributed by atoms with Crippen molar-refractivity contribution in [2.75, 3.05) is 0 Å². The minimum Gasteiger partial charge on any atom is -0.399 e. The Kier molecular flexibility index (Phi) is 4.77. The van der Waals surface area contributed by atoms with Crippen molar-refractivity contribution in [2.45, 2.75) is 77.8 Å². The van der Waals surface area contributed by atoms with Crippen LogP contribution in [0.15, 0.2) is 41.2 Å². The van der Waals surface area contributed by atoms with Crippen LogP contribution in [0.5, 0.6) is 0 Å². The first-order valence-corrected chi connectivity index (χ1v) is 11.5. The average Bonchev–Trinajstić information content (AvgIpc) is 3.07. The van der Waals surface area contributed by atoms with E-state index in [4.69, 9.17) is 18.6 Å². The zero-order valence-electron chi connectivity index (χ0n) is 20.7. The second-order valence-electron chi connectivity index (χ2n) is 11.2. The Bertz CT molecular complexity index is 1300. The summed E-state index contributed by atoms with van der Waals surface area (Å²) in [4.78, 5) is 16.1. The van der Waals surface area contributed by atoms with Gasteiger partial charge in [0.1, 0.15) is 0 Å². The van der Waals surface area contributed by atoms with E-state index in [9.17, 15) is 4.79 Å². The quantitative estimate of drug-likeness (QED) is 0.483. The maximum Gasteiger partial charge on any atom is 0.494 e. The highest BCUT2D eigenvalue weighted by molar-refractivity contribution is 6.63. The van der Waals surface area contributed by atoms with Gasteiger partial charge in [-0.1, -0.05) is 24.3 Å². The van der Waals surface area contributed by atoms with E-state index in [1.807, 2.05) is 91.8 Å². The third-order valence-corrected chi connectivity index (χ3v) is 7.92. The first kappa shape index (κ1) is 22.7. The molecule has 2 aliphatic rings. The number of hydrogen-bond donors (Lipinski definition) is 1. The first-order chi connectivity index (χ1) is 15.2. The van der Waals surface area contributed by atoms with Gasteiger partial charge >= 0.3 is 14.2 Å². The molecule has 33 heavy (non-hydrogen) atoms. The van der Waals surface area contributed by atoms with Crippen LogP contribution in [-0.2, 0) is 18.6 Å². The maximum atomic E-state index is 13.1. The van der Waals surface area contributed by atoms with Gasteiger partial charge in [0.15, 0.2) is 0 Å². The van der Waals surface area contributed by atoms with Crippen molar-refractivity contribution >= 4 is 46.8 Å². The number of fused-ring (bicyclic) bond motifs is 3. The number of aromatic nitrogens is 1. The molecule has 1 aromatic heterocycles. The van der Waals surface area contributed by atoms with Gasteiger partial charge in [-0.2, -0.15) is 0 Å². The fourth-order valence-electron chi connectivity index (χ4n) is 4.33. The summed E-state index contributed by atoms with van der Waals surface area (Å²) in [5, 5.41) is 2.46. The Morgan fingerprint density at radius 1 is 0.606 bits per heavy atom. The van der Waals surface area contributed by atoms with Gasteiger partial charge in [0.05, 0.1) is 22.4 Å². The van der Waals surface area contributed by atoms with E-state index in [2.05, 4.69) is 4.98 Å². The van der Waals surface area contributed by atoms with Gasteiger partial charge in [0.25, 0.3) is 5.56 Å². The third-order valence-electron chi connectivity index (χ3n) is 7.92. The number of rotatable bonds is 2. The van der Waals surface area contributed by atoms with Gasteiger partial charge in [-0.15, -0.1) is 0 Å². The predicted molar refractivity (Wildman–Crippen MR) is 134 cm³/mol. The standard InChI is InChI=1S/C25H31B2NO5/c1-22(2)23(3,4)31-26(30-22)15-9-11-17-18-12-10-16(14-20(18)28-21(29)19(17)13-15)27-32-24(5,6)25(7,8)33-27/h9-14H,1-8H3,(H,28,29).